The van der Waals surface area contributed by atoms with Crippen LogP contribution in [0.25, 0.3) is 0 Å². The first-order valence-corrected chi connectivity index (χ1v) is 27.6. The van der Waals surface area contributed by atoms with Crippen molar-refractivity contribution in [2.75, 3.05) is 0 Å². The smallest absolute Gasteiger partial charge is 5.00 e. The van der Waals surface area contributed by atoms with Gasteiger partial charge in [0.15, 0.2) is 0 Å². The van der Waals surface area contributed by atoms with Gasteiger partial charge in [0.2, 0.25) is 0 Å². The molecule has 2 radical (unpaired) electrons. The van der Waals surface area contributed by atoms with Crippen molar-refractivity contribution >= 4 is 0 Å². The molecule has 0 spiro atoms. The van der Waals surface area contributed by atoms with Crippen molar-refractivity contribution < 1.29 is 289 Å². The van der Waals surface area contributed by atoms with E-state index >= 15 is 0 Å². The zero-order valence-electron chi connectivity index (χ0n) is 15.9. The van der Waals surface area contributed by atoms with Crippen LogP contribution in [0.15, 0.2) is 0 Å². The van der Waals surface area contributed by atoms with Crippen molar-refractivity contribution in [2.24, 2.45) is 0 Å². The van der Waals surface area contributed by atoms with E-state index in [0.29, 0.717) is 0 Å². The Morgan fingerprint density at radius 2 is 0.205 bits per heavy atom. The maximum Gasteiger partial charge on any atom is 5.00 e. The van der Waals surface area contributed by atoms with Crippen molar-refractivity contribution in [3.05, 3.63) is 0 Å². The molecule has 0 aliphatic rings. The second-order valence-corrected chi connectivity index (χ2v) is 16.9. The fourth-order valence-corrected chi connectivity index (χ4v) is 0. The maximum atomic E-state index is 8.63. The predicted molar refractivity (Wildman–Crippen MR) is 9.61 cm³/mol. The number of hydrogen-bond acceptors (Lipinski definition) is 28. The minimum absolute atomic E-state index is 0. The summed E-state index contributed by atoms with van der Waals surface area (Å²) in [5.41, 5.74) is 0. The van der Waals surface area contributed by atoms with Gasteiger partial charge in [-0.05, 0) is 0 Å². The average Bonchev–Trinajstić information content (AvgIpc) is 2.06. The molecule has 0 bridgehead atoms. The molecule has 0 atom stereocenters. The Kier molecular flexibility index (Phi) is 62.6. The van der Waals surface area contributed by atoms with E-state index in [0.717, 1.165) is 0 Å². The van der Waals surface area contributed by atoms with Gasteiger partial charge in [-0.15, -0.1) is 0 Å². The molecule has 0 saturated carbocycles. The van der Waals surface area contributed by atoms with Crippen LogP contribution >= 0.6 is 0 Å². The van der Waals surface area contributed by atoms with Gasteiger partial charge in [-0.3, -0.25) is 0 Å². The normalized spacial score (nSPS) is 10.4. The van der Waals surface area contributed by atoms with Crippen molar-refractivity contribution in [3.63, 3.8) is 0 Å². The van der Waals surface area contributed by atoms with Crippen molar-refractivity contribution in [1.82, 2.24) is 0 Å². The van der Waals surface area contributed by atoms with E-state index in [4.69, 9.17) is 100 Å². The Balaban J connectivity index is -0.0000000256. The van der Waals surface area contributed by atoms with Crippen LogP contribution in [0.5, 0.6) is 0 Å². The van der Waals surface area contributed by atoms with E-state index in [9.17, 15) is 0 Å². The van der Waals surface area contributed by atoms with Gasteiger partial charge in [0.05, 0.1) is 0 Å². The standard InChI is InChI=1S/2Mn.7Mo.28O.2V/q2*+2;;;;;;;;;;;;;;;;;;;;;;14*-1;2*+5. The van der Waals surface area contributed by atoms with Crippen molar-refractivity contribution in [3.8, 4) is 0 Å². The van der Waals surface area contributed by atoms with Crippen molar-refractivity contribution in [2.45, 2.75) is 0 Å². The Labute approximate surface area is 283 Å². The van der Waals surface area contributed by atoms with Gasteiger partial charge in [0.1, 0.15) is 0 Å². The van der Waals surface area contributed by atoms with Crippen LogP contribution in [0.3, 0.4) is 0 Å². The third-order valence-corrected chi connectivity index (χ3v) is 0. The van der Waals surface area contributed by atoms with Gasteiger partial charge in [-0.1, -0.05) is 0 Å². The Bertz CT molecular complexity index is 925. The molecule has 0 aromatic heterocycles. The second-order valence-electron chi connectivity index (χ2n) is 2.86. The molecule has 0 heterocycles. The Morgan fingerprint density at radius 3 is 0.205 bits per heavy atom. The molecule has 234 valence electrons. The third kappa shape index (κ3) is 4880. The first-order valence-electron chi connectivity index (χ1n) is 4.67. The van der Waals surface area contributed by atoms with Crippen LogP contribution < -0.4 is 52.6 Å². The molecule has 0 aliphatic carbocycles. The van der Waals surface area contributed by atoms with Gasteiger partial charge < -0.3 is 0 Å². The van der Waals surface area contributed by atoms with Gasteiger partial charge >= 0.3 is 289 Å². The third-order valence-electron chi connectivity index (χ3n) is 0. The molecule has 0 amide bonds. The fraction of sp³-hybridized carbons (Fsp3) is 0. The van der Waals surface area contributed by atoms with Crippen LogP contribution in [0.2, 0.25) is 0 Å². The van der Waals surface area contributed by atoms with Gasteiger partial charge in [0, 0.05) is 0 Å². The first kappa shape index (κ1) is 73.9. The van der Waals surface area contributed by atoms with Gasteiger partial charge in [-0.25, -0.2) is 0 Å². The minimum Gasteiger partial charge on any atom is 5.00 e. The molecule has 0 N–H and O–H groups in total. The summed E-state index contributed by atoms with van der Waals surface area (Å²) in [6.07, 6.45) is 0. The summed E-state index contributed by atoms with van der Waals surface area (Å²) in [6, 6.07) is 0. The van der Waals surface area contributed by atoms with Gasteiger partial charge in [0.25, 0.3) is 0 Å². The quantitative estimate of drug-likeness (QED) is 0.203. The van der Waals surface area contributed by atoms with E-state index in [1.807, 2.05) is 0 Å². The van der Waals surface area contributed by atoms with E-state index in [-0.39, 0.29) is 71.2 Å². The summed E-state index contributed by atoms with van der Waals surface area (Å²) in [5, 5.41) is 0. The Hall–Kier alpha value is 3.67. The monoisotopic (exact) mass is 1340 g/mol. The van der Waals surface area contributed by atoms with Gasteiger partial charge in [-0.2, -0.15) is 0 Å². The van der Waals surface area contributed by atoms with E-state index in [1.54, 1.807) is 0 Å². The van der Waals surface area contributed by atoms with E-state index in [2.05, 4.69) is 0 Å². The maximum absolute atomic E-state index is 8.63. The van der Waals surface area contributed by atoms with Crippen LogP contribution in [0, 0.1) is 0 Å². The van der Waals surface area contributed by atoms with Crippen LogP contribution in [0.1, 0.15) is 0 Å². The molecule has 0 unspecified atom stereocenters. The molecule has 0 aromatic carbocycles. The van der Waals surface area contributed by atoms with Crippen LogP contribution in [-0.4, -0.2) is 0 Å². The number of rotatable bonds is 0. The molecule has 0 aliphatic heterocycles. The SMILES string of the molecule is [Mn+2].[Mn+2].[O]=[Mo](=[O])([O-])[O-].[O]=[Mo](=[O])([O-])[O-].[O]=[Mo](=[O])([O-])[O-].[O]=[Mo](=[O])([O-])[O-].[O]=[Mo](=[O])([O-])[O-].[O]=[Mo](=[O])([O-])[O-].[O]=[Mo](=[O])([O-])[O-].[V+5].[V+5]. The summed E-state index contributed by atoms with van der Waals surface area (Å²) in [7, 11) is 0. The predicted octanol–water partition coefficient (Wildman–Crippen LogP) is -18.3. The van der Waals surface area contributed by atoms with E-state index in [1.165, 1.54) is 0 Å². The molecular formula is Mn2Mo7O28V2. The summed E-state index contributed by atoms with van der Waals surface area (Å²) in [5.74, 6) is 0. The minimum atomic E-state index is -6.02. The molecule has 39 heavy (non-hydrogen) atoms. The summed E-state index contributed by atoms with van der Waals surface area (Å²) in [6.45, 7) is 0. The molecule has 28 nitrogen and oxygen atoms in total. The van der Waals surface area contributed by atoms with Crippen LogP contribution in [-0.2, 0) is 236 Å². The van der Waals surface area contributed by atoms with Crippen LogP contribution in [0.4, 0.5) is 0 Å². The Morgan fingerprint density at radius 1 is 0.205 bits per heavy atom. The molecule has 0 fully saturated rings. The van der Waals surface area contributed by atoms with E-state index < -0.39 is 117 Å². The molecular weight excluding hydrogens is 1330 g/mol. The zero-order valence-corrected chi connectivity index (χ0v) is 35.1. The second kappa shape index (κ2) is 33.0. The molecule has 39 heteroatoms. The summed E-state index contributed by atoms with van der Waals surface area (Å²) >= 11 is -42.1. The number of hydrogen-bond donors (Lipinski definition) is 0. The topological polar surface area (TPSA) is 562 Å². The largest absolute Gasteiger partial charge is 5.00 e. The first-order chi connectivity index (χ1) is 14.0. The molecule has 0 rings (SSSR count). The zero-order chi connectivity index (χ0) is 31.5. The molecule has 0 saturated heterocycles. The summed E-state index contributed by atoms with van der Waals surface area (Å²) < 4.78 is 242. The molecule has 0 aromatic rings. The average molecular weight is 1330 g/mol. The summed E-state index contributed by atoms with van der Waals surface area (Å²) in [4.78, 5) is 0. The fourth-order valence-electron chi connectivity index (χ4n) is 0. The van der Waals surface area contributed by atoms with Crippen molar-refractivity contribution in [1.29, 1.82) is 0 Å².